The van der Waals surface area contributed by atoms with Gasteiger partial charge in [0.2, 0.25) is 0 Å². The Hall–Kier alpha value is -3.39. The summed E-state index contributed by atoms with van der Waals surface area (Å²) in [5.74, 6) is 0.192. The number of H-pyrrole nitrogens is 1. The minimum atomic E-state index is -0.635. The molecule has 8 heteroatoms. The van der Waals surface area contributed by atoms with Gasteiger partial charge >= 0.3 is 6.09 Å². The lowest BCUT2D eigenvalue weighted by Gasteiger charge is -2.27. The quantitative estimate of drug-likeness (QED) is 0.630. The highest BCUT2D eigenvalue weighted by molar-refractivity contribution is 5.97. The maximum atomic E-state index is 14.0. The Balaban J connectivity index is 1.71. The van der Waals surface area contributed by atoms with Gasteiger partial charge in [0.05, 0.1) is 26.3 Å². The Morgan fingerprint density at radius 3 is 2.75 bits per heavy atom. The number of hydrogen-bond donors (Lipinski definition) is 2. The summed E-state index contributed by atoms with van der Waals surface area (Å²) in [6.45, 7) is 5.47. The van der Waals surface area contributed by atoms with Crippen LogP contribution in [0.2, 0.25) is 0 Å². The molecule has 2 N–H and O–H groups in total. The summed E-state index contributed by atoms with van der Waals surface area (Å²) >= 11 is 0. The average molecular weight is 439 g/mol. The van der Waals surface area contributed by atoms with Crippen molar-refractivity contribution in [2.45, 2.75) is 32.4 Å². The molecule has 3 heterocycles. The van der Waals surface area contributed by atoms with Crippen LogP contribution >= 0.6 is 0 Å². The number of carbonyl (C=O) groups excluding carboxylic acids is 1. The topological polar surface area (TPSA) is 87.7 Å². The first-order valence-electron chi connectivity index (χ1n) is 10.3. The summed E-state index contributed by atoms with van der Waals surface area (Å²) in [5, 5.41) is 10.6. The van der Waals surface area contributed by atoms with Gasteiger partial charge in [-0.1, -0.05) is 6.08 Å². The Labute approximate surface area is 185 Å². The number of benzene rings is 1. The van der Waals surface area contributed by atoms with Crippen molar-refractivity contribution in [3.05, 3.63) is 54.1 Å². The van der Waals surface area contributed by atoms with Crippen LogP contribution < -0.4 is 4.74 Å². The third kappa shape index (κ3) is 4.18. The highest BCUT2D eigenvalue weighted by atomic mass is 19.1. The lowest BCUT2D eigenvalue weighted by atomic mass is 10.0. The Bertz CT molecular complexity index is 1200. The SMILES string of the molecule is COc1ccc(F)cc1-c1ccnc2[nH]c(C3=C[C@@H](CO)N(C(=O)OC(C)(C)C)C3)cc12. The van der Waals surface area contributed by atoms with Gasteiger partial charge in [0.25, 0.3) is 0 Å². The van der Waals surface area contributed by atoms with Crippen molar-refractivity contribution < 1.29 is 23.8 Å². The Kier molecular flexibility index (Phi) is 5.64. The normalized spacial score (nSPS) is 16.4. The number of carbonyl (C=O) groups is 1. The van der Waals surface area contributed by atoms with E-state index in [2.05, 4.69) is 9.97 Å². The molecule has 1 aliphatic rings. The van der Waals surface area contributed by atoms with Gasteiger partial charge in [0.15, 0.2) is 0 Å². The van der Waals surface area contributed by atoms with Crippen molar-refractivity contribution in [2.75, 3.05) is 20.3 Å². The van der Waals surface area contributed by atoms with E-state index < -0.39 is 17.7 Å². The number of hydrogen-bond acceptors (Lipinski definition) is 5. The monoisotopic (exact) mass is 439 g/mol. The predicted octanol–water partition coefficient (Wildman–Crippen LogP) is 4.37. The molecule has 0 aliphatic carbocycles. The molecule has 0 saturated carbocycles. The number of amides is 1. The first-order chi connectivity index (χ1) is 15.2. The number of methoxy groups -OCH3 is 1. The number of nitrogens with one attached hydrogen (secondary N) is 1. The molecule has 32 heavy (non-hydrogen) atoms. The summed E-state index contributed by atoms with van der Waals surface area (Å²) in [6.07, 6.45) is 3.01. The van der Waals surface area contributed by atoms with Crippen LogP contribution in [0.1, 0.15) is 26.5 Å². The van der Waals surface area contributed by atoms with Gasteiger partial charge in [-0.15, -0.1) is 0 Å². The van der Waals surface area contributed by atoms with Gasteiger partial charge in [-0.05, 0) is 62.2 Å². The number of nitrogens with zero attached hydrogens (tertiary/aromatic N) is 2. The number of halogens is 1. The molecule has 3 aromatic rings. The standard InChI is InChI=1S/C24H26FN3O4/c1-24(2,3)32-23(30)28-12-14(9-16(28)13-29)20-11-19-17(7-8-26-22(19)27-20)18-10-15(25)5-6-21(18)31-4/h5-11,16,29H,12-13H2,1-4H3,(H,26,27)/t16-/m0/s1. The Morgan fingerprint density at radius 2 is 2.06 bits per heavy atom. The Morgan fingerprint density at radius 1 is 1.28 bits per heavy atom. The van der Waals surface area contributed by atoms with E-state index in [1.54, 1.807) is 40.1 Å². The molecule has 0 fully saturated rings. The van der Waals surface area contributed by atoms with Gasteiger partial charge < -0.3 is 19.6 Å². The summed E-state index contributed by atoms with van der Waals surface area (Å²) in [6, 6.07) is 7.62. The molecule has 7 nitrogen and oxygen atoms in total. The number of rotatable bonds is 4. The fraction of sp³-hybridized carbons (Fsp3) is 0.333. The molecular formula is C24H26FN3O4. The van der Waals surface area contributed by atoms with Gasteiger partial charge in [0, 0.05) is 22.8 Å². The maximum absolute atomic E-state index is 14.0. The molecule has 1 atom stereocenters. The second-order valence-corrected chi connectivity index (χ2v) is 8.70. The minimum Gasteiger partial charge on any atom is -0.496 e. The first kappa shape index (κ1) is 21.8. The summed E-state index contributed by atoms with van der Waals surface area (Å²) in [7, 11) is 1.54. The second-order valence-electron chi connectivity index (χ2n) is 8.70. The number of fused-ring (bicyclic) bond motifs is 1. The molecule has 2 aromatic heterocycles. The molecule has 0 saturated heterocycles. The average Bonchev–Trinajstić information content (AvgIpc) is 3.36. The predicted molar refractivity (Wildman–Crippen MR) is 120 cm³/mol. The summed E-state index contributed by atoms with van der Waals surface area (Å²) in [4.78, 5) is 21.8. The van der Waals surface area contributed by atoms with E-state index in [0.29, 0.717) is 17.0 Å². The molecule has 0 spiro atoms. The van der Waals surface area contributed by atoms with Crippen LogP contribution in [0.15, 0.2) is 42.6 Å². The maximum Gasteiger partial charge on any atom is 0.411 e. The van der Waals surface area contributed by atoms with Gasteiger partial charge in [-0.3, -0.25) is 4.90 Å². The number of aliphatic hydroxyl groups excluding tert-OH is 1. The molecule has 168 valence electrons. The number of ether oxygens (including phenoxy) is 2. The van der Waals surface area contributed by atoms with Crippen molar-refractivity contribution in [3.8, 4) is 16.9 Å². The van der Waals surface area contributed by atoms with Crippen LogP contribution in [0, 0.1) is 5.82 Å². The number of aromatic amines is 1. The molecule has 1 aliphatic heterocycles. The third-order valence-electron chi connectivity index (χ3n) is 5.28. The van der Waals surface area contributed by atoms with E-state index in [9.17, 15) is 14.3 Å². The van der Waals surface area contributed by atoms with Crippen LogP contribution in [0.3, 0.4) is 0 Å². The third-order valence-corrected chi connectivity index (χ3v) is 5.28. The van der Waals surface area contributed by atoms with Crippen molar-refractivity contribution in [1.82, 2.24) is 14.9 Å². The van der Waals surface area contributed by atoms with E-state index in [4.69, 9.17) is 9.47 Å². The van der Waals surface area contributed by atoms with Crippen molar-refractivity contribution in [1.29, 1.82) is 0 Å². The molecule has 1 amide bonds. The zero-order valence-electron chi connectivity index (χ0n) is 18.5. The van der Waals surface area contributed by atoms with Gasteiger partial charge in [-0.25, -0.2) is 14.2 Å². The van der Waals surface area contributed by atoms with Crippen LogP contribution in [0.25, 0.3) is 27.7 Å². The largest absolute Gasteiger partial charge is 0.496 e. The highest BCUT2D eigenvalue weighted by Gasteiger charge is 2.33. The van der Waals surface area contributed by atoms with Crippen LogP contribution in [-0.4, -0.2) is 58.0 Å². The lowest BCUT2D eigenvalue weighted by Crippen LogP contribution is -2.41. The van der Waals surface area contributed by atoms with E-state index in [0.717, 1.165) is 22.2 Å². The van der Waals surface area contributed by atoms with Crippen molar-refractivity contribution in [2.24, 2.45) is 0 Å². The van der Waals surface area contributed by atoms with Crippen LogP contribution in [-0.2, 0) is 4.74 Å². The molecule has 4 rings (SSSR count). The molecule has 1 aromatic carbocycles. The van der Waals surface area contributed by atoms with Gasteiger partial charge in [-0.2, -0.15) is 0 Å². The number of aromatic nitrogens is 2. The summed E-state index contributed by atoms with van der Waals surface area (Å²) in [5.41, 5.74) is 2.99. The zero-order valence-corrected chi connectivity index (χ0v) is 18.5. The summed E-state index contributed by atoms with van der Waals surface area (Å²) < 4.78 is 24.9. The van der Waals surface area contributed by atoms with Gasteiger partial charge in [0.1, 0.15) is 22.8 Å². The highest BCUT2D eigenvalue weighted by Crippen LogP contribution is 2.37. The minimum absolute atomic E-state index is 0.215. The number of aliphatic hydroxyl groups is 1. The number of pyridine rings is 1. The first-order valence-corrected chi connectivity index (χ1v) is 10.3. The zero-order chi connectivity index (χ0) is 23.0. The van der Waals surface area contributed by atoms with Crippen LogP contribution in [0.5, 0.6) is 5.75 Å². The lowest BCUT2D eigenvalue weighted by molar-refractivity contribution is 0.0200. The second kappa shape index (κ2) is 8.27. The van der Waals surface area contributed by atoms with Crippen molar-refractivity contribution >= 4 is 22.7 Å². The van der Waals surface area contributed by atoms with E-state index >= 15 is 0 Å². The van der Waals surface area contributed by atoms with E-state index in [-0.39, 0.29) is 19.0 Å². The fourth-order valence-electron chi connectivity index (χ4n) is 3.85. The molecule has 0 radical (unpaired) electrons. The molecule has 0 unspecified atom stereocenters. The van der Waals surface area contributed by atoms with E-state index in [1.165, 1.54) is 17.0 Å². The van der Waals surface area contributed by atoms with E-state index in [1.807, 2.05) is 18.2 Å². The molecular weight excluding hydrogens is 413 g/mol. The van der Waals surface area contributed by atoms with Crippen LogP contribution in [0.4, 0.5) is 9.18 Å². The fourth-order valence-corrected chi connectivity index (χ4v) is 3.85. The van der Waals surface area contributed by atoms with Crippen molar-refractivity contribution in [3.63, 3.8) is 0 Å². The molecule has 0 bridgehead atoms. The smallest absolute Gasteiger partial charge is 0.411 e.